The van der Waals surface area contributed by atoms with Crippen LogP contribution in [-0.4, -0.2) is 41.9 Å². The Balaban J connectivity index is 1.51. The molecule has 2 aromatic heterocycles. The van der Waals surface area contributed by atoms with Crippen molar-refractivity contribution in [3.63, 3.8) is 0 Å². The minimum Gasteiger partial charge on any atom is -0.342 e. The number of likely N-dealkylation sites (tertiary alicyclic amines) is 1. The zero-order valence-corrected chi connectivity index (χ0v) is 16.3. The largest absolute Gasteiger partial charge is 0.342 e. The summed E-state index contributed by atoms with van der Waals surface area (Å²) in [6, 6.07) is 6.86. The first kappa shape index (κ1) is 17.3. The van der Waals surface area contributed by atoms with Crippen molar-refractivity contribution in [2.24, 2.45) is 0 Å². The molecule has 0 bridgehead atoms. The summed E-state index contributed by atoms with van der Waals surface area (Å²) in [5.74, 6) is 0.321. The van der Waals surface area contributed by atoms with Gasteiger partial charge in [0.1, 0.15) is 0 Å². The number of nitrogens with zero attached hydrogens (tertiary/aromatic N) is 2. The Morgan fingerprint density at radius 1 is 1.00 bits per heavy atom. The maximum absolute atomic E-state index is 13.0. The Morgan fingerprint density at radius 2 is 1.80 bits per heavy atom. The van der Waals surface area contributed by atoms with Crippen molar-refractivity contribution >= 4 is 28.6 Å². The molecule has 2 aromatic rings. The highest BCUT2D eigenvalue weighted by Crippen LogP contribution is 2.39. The van der Waals surface area contributed by atoms with Gasteiger partial charge in [0, 0.05) is 29.4 Å². The van der Waals surface area contributed by atoms with Gasteiger partial charge < -0.3 is 4.90 Å². The van der Waals surface area contributed by atoms with E-state index in [-0.39, 0.29) is 6.04 Å². The molecule has 2 aliphatic heterocycles. The molecule has 134 valence electrons. The number of rotatable bonds is 3. The van der Waals surface area contributed by atoms with E-state index in [1.165, 1.54) is 34.6 Å². The third kappa shape index (κ3) is 3.83. The molecule has 0 aromatic carbocycles. The third-order valence-corrected chi connectivity index (χ3v) is 7.35. The molecule has 2 aliphatic rings. The third-order valence-electron chi connectivity index (χ3n) is 5.43. The van der Waals surface area contributed by atoms with Gasteiger partial charge in [-0.2, -0.15) is 0 Å². The first-order valence-electron chi connectivity index (χ1n) is 9.44. The molecule has 3 nitrogen and oxygen atoms in total. The lowest BCUT2D eigenvalue weighted by atomic mass is 9.98. The maximum atomic E-state index is 13.0. The van der Waals surface area contributed by atoms with E-state index in [0.29, 0.717) is 12.5 Å². The van der Waals surface area contributed by atoms with Gasteiger partial charge in [-0.25, -0.2) is 0 Å². The van der Waals surface area contributed by atoms with Gasteiger partial charge in [-0.15, -0.1) is 22.7 Å². The molecule has 4 rings (SSSR count). The van der Waals surface area contributed by atoms with E-state index in [9.17, 15) is 4.79 Å². The number of amides is 1. The standard InChI is InChI=1S/C20H26N2OS2/c23-19(21-10-4-2-1-3-5-11-21)15-22-12-8-17-16(9-14-25-17)20(22)18-7-6-13-24-18/h6-7,9,13-14,20H,1-5,8,10-12,15H2/t20-/m1/s1. The summed E-state index contributed by atoms with van der Waals surface area (Å²) in [6.45, 7) is 3.42. The molecule has 1 saturated heterocycles. The number of carbonyl (C=O) groups is 1. The van der Waals surface area contributed by atoms with Gasteiger partial charge in [-0.1, -0.05) is 25.3 Å². The molecular formula is C20H26N2OS2. The minimum atomic E-state index is 0.258. The van der Waals surface area contributed by atoms with E-state index in [0.717, 1.165) is 38.9 Å². The molecule has 0 unspecified atom stereocenters. The molecule has 1 atom stereocenters. The van der Waals surface area contributed by atoms with Gasteiger partial charge >= 0.3 is 0 Å². The lowest BCUT2D eigenvalue weighted by molar-refractivity contribution is -0.133. The van der Waals surface area contributed by atoms with Gasteiger partial charge in [-0.05, 0) is 47.7 Å². The van der Waals surface area contributed by atoms with Crippen LogP contribution in [-0.2, 0) is 11.2 Å². The molecule has 1 fully saturated rings. The van der Waals surface area contributed by atoms with Crippen molar-refractivity contribution in [3.8, 4) is 0 Å². The van der Waals surface area contributed by atoms with Gasteiger partial charge in [0.15, 0.2) is 0 Å². The molecule has 0 N–H and O–H groups in total. The second-order valence-electron chi connectivity index (χ2n) is 7.09. The molecular weight excluding hydrogens is 348 g/mol. The first-order chi connectivity index (χ1) is 12.3. The van der Waals surface area contributed by atoms with E-state index in [4.69, 9.17) is 0 Å². The summed E-state index contributed by atoms with van der Waals surface area (Å²) in [7, 11) is 0. The fourth-order valence-electron chi connectivity index (χ4n) is 4.09. The van der Waals surface area contributed by atoms with Crippen LogP contribution in [0.1, 0.15) is 53.5 Å². The molecule has 4 heterocycles. The molecule has 5 heteroatoms. The Bertz CT molecular complexity index is 686. The maximum Gasteiger partial charge on any atom is 0.236 e. The van der Waals surface area contributed by atoms with Crippen LogP contribution in [0.25, 0.3) is 0 Å². The Morgan fingerprint density at radius 3 is 2.56 bits per heavy atom. The van der Waals surface area contributed by atoms with Crippen LogP contribution in [0.4, 0.5) is 0 Å². The van der Waals surface area contributed by atoms with E-state index in [1.807, 2.05) is 22.7 Å². The summed E-state index contributed by atoms with van der Waals surface area (Å²) in [6.07, 6.45) is 7.26. The normalized spacial score (nSPS) is 22.2. The second kappa shape index (κ2) is 8.02. The summed E-state index contributed by atoms with van der Waals surface area (Å²) in [5, 5.41) is 4.35. The smallest absolute Gasteiger partial charge is 0.236 e. The summed E-state index contributed by atoms with van der Waals surface area (Å²) >= 11 is 3.67. The van der Waals surface area contributed by atoms with E-state index in [2.05, 4.69) is 38.8 Å². The first-order valence-corrected chi connectivity index (χ1v) is 11.2. The highest BCUT2D eigenvalue weighted by Gasteiger charge is 2.32. The average Bonchev–Trinajstić information content (AvgIpc) is 3.25. The van der Waals surface area contributed by atoms with Crippen molar-refractivity contribution in [1.82, 2.24) is 9.80 Å². The number of fused-ring (bicyclic) bond motifs is 1. The van der Waals surface area contributed by atoms with Gasteiger partial charge in [0.2, 0.25) is 5.91 Å². The number of hydrogen-bond donors (Lipinski definition) is 0. The van der Waals surface area contributed by atoms with E-state index in [1.54, 1.807) is 0 Å². The molecule has 0 radical (unpaired) electrons. The van der Waals surface area contributed by atoms with E-state index < -0.39 is 0 Å². The van der Waals surface area contributed by atoms with Crippen molar-refractivity contribution in [2.45, 2.75) is 44.6 Å². The van der Waals surface area contributed by atoms with Crippen LogP contribution >= 0.6 is 22.7 Å². The second-order valence-corrected chi connectivity index (χ2v) is 9.07. The van der Waals surface area contributed by atoms with Crippen LogP contribution in [0.2, 0.25) is 0 Å². The summed E-state index contributed by atoms with van der Waals surface area (Å²) in [5.41, 5.74) is 1.42. The average molecular weight is 375 g/mol. The van der Waals surface area contributed by atoms with Gasteiger partial charge in [0.25, 0.3) is 0 Å². The van der Waals surface area contributed by atoms with Crippen molar-refractivity contribution < 1.29 is 4.79 Å². The molecule has 0 saturated carbocycles. The number of carbonyl (C=O) groups excluding carboxylic acids is 1. The monoisotopic (exact) mass is 374 g/mol. The van der Waals surface area contributed by atoms with E-state index >= 15 is 0 Å². The Kier molecular flexibility index (Phi) is 5.54. The summed E-state index contributed by atoms with van der Waals surface area (Å²) in [4.78, 5) is 20.4. The zero-order chi connectivity index (χ0) is 17.1. The fourth-order valence-corrected chi connectivity index (χ4v) is 5.87. The van der Waals surface area contributed by atoms with Crippen LogP contribution in [0, 0.1) is 0 Å². The van der Waals surface area contributed by atoms with Crippen LogP contribution < -0.4 is 0 Å². The lowest BCUT2D eigenvalue weighted by Gasteiger charge is -2.36. The number of thiophene rings is 2. The predicted molar refractivity (Wildman–Crippen MR) is 105 cm³/mol. The zero-order valence-electron chi connectivity index (χ0n) is 14.7. The van der Waals surface area contributed by atoms with Gasteiger partial charge in [0.05, 0.1) is 12.6 Å². The van der Waals surface area contributed by atoms with Crippen LogP contribution in [0.15, 0.2) is 29.0 Å². The SMILES string of the molecule is O=C(CN1CCc2sccc2[C@@H]1c1cccs1)N1CCCCCCC1. The quantitative estimate of drug-likeness (QED) is 0.787. The topological polar surface area (TPSA) is 23.6 Å². The molecule has 0 aliphatic carbocycles. The molecule has 1 amide bonds. The van der Waals surface area contributed by atoms with Gasteiger partial charge in [-0.3, -0.25) is 9.69 Å². The predicted octanol–water partition coefficient (Wildman–Crippen LogP) is 4.55. The van der Waals surface area contributed by atoms with Crippen molar-refractivity contribution in [1.29, 1.82) is 0 Å². The van der Waals surface area contributed by atoms with Crippen LogP contribution in [0.3, 0.4) is 0 Å². The molecule has 25 heavy (non-hydrogen) atoms. The van der Waals surface area contributed by atoms with Crippen molar-refractivity contribution in [3.05, 3.63) is 44.3 Å². The Hall–Kier alpha value is -1.17. The number of hydrogen-bond acceptors (Lipinski definition) is 4. The fraction of sp³-hybridized carbons (Fsp3) is 0.550. The van der Waals surface area contributed by atoms with Crippen LogP contribution in [0.5, 0.6) is 0 Å². The van der Waals surface area contributed by atoms with Crippen molar-refractivity contribution in [2.75, 3.05) is 26.2 Å². The highest BCUT2D eigenvalue weighted by molar-refractivity contribution is 7.10. The summed E-state index contributed by atoms with van der Waals surface area (Å²) < 4.78 is 0. The highest BCUT2D eigenvalue weighted by atomic mass is 32.1. The lowest BCUT2D eigenvalue weighted by Crippen LogP contribution is -2.45. The minimum absolute atomic E-state index is 0.258. The Labute approximate surface area is 158 Å². The molecule has 0 spiro atoms.